The number of nitrogens with one attached hydrogen (secondary N) is 1. The molecular weight excluding hydrogens is 400 g/mol. The summed E-state index contributed by atoms with van der Waals surface area (Å²) in [5, 5.41) is 5.22. The highest BCUT2D eigenvalue weighted by Gasteiger charge is 2.19. The first-order chi connectivity index (χ1) is 14.3. The van der Waals surface area contributed by atoms with Crippen LogP contribution in [0.4, 0.5) is 5.69 Å². The summed E-state index contributed by atoms with van der Waals surface area (Å²) in [6, 6.07) is 20.8. The van der Waals surface area contributed by atoms with E-state index in [9.17, 15) is 13.2 Å². The van der Waals surface area contributed by atoms with E-state index >= 15 is 0 Å². The average molecular weight is 427 g/mol. The van der Waals surface area contributed by atoms with Crippen LogP contribution in [0.5, 0.6) is 5.75 Å². The minimum atomic E-state index is -3.33. The Morgan fingerprint density at radius 2 is 1.70 bits per heavy atom. The molecular formula is C23H26N2O4S. The second-order valence-corrected chi connectivity index (χ2v) is 9.15. The van der Waals surface area contributed by atoms with Crippen molar-refractivity contribution in [3.8, 4) is 5.75 Å². The zero-order valence-corrected chi connectivity index (χ0v) is 18.1. The molecule has 3 aromatic rings. The number of sulfonamides is 1. The molecule has 0 saturated heterocycles. The van der Waals surface area contributed by atoms with Gasteiger partial charge in [0.2, 0.25) is 10.0 Å². The molecule has 158 valence electrons. The molecule has 0 aliphatic rings. The van der Waals surface area contributed by atoms with Crippen LogP contribution in [0.1, 0.15) is 18.9 Å². The third-order valence-corrected chi connectivity index (χ3v) is 6.13. The number of carbonyl (C=O) groups excluding carboxylic acids is 1. The van der Waals surface area contributed by atoms with E-state index < -0.39 is 16.1 Å². The lowest BCUT2D eigenvalue weighted by molar-refractivity contribution is -0.128. The molecule has 1 atom stereocenters. The van der Waals surface area contributed by atoms with Gasteiger partial charge in [-0.25, -0.2) is 8.42 Å². The van der Waals surface area contributed by atoms with Crippen molar-refractivity contribution in [2.75, 3.05) is 17.6 Å². The Kier molecular flexibility index (Phi) is 6.62. The fourth-order valence-electron chi connectivity index (χ4n) is 3.06. The van der Waals surface area contributed by atoms with Crippen LogP contribution in [-0.2, 0) is 21.4 Å². The molecule has 0 saturated carbocycles. The Morgan fingerprint density at radius 3 is 2.33 bits per heavy atom. The number of hydrogen-bond acceptors (Lipinski definition) is 4. The summed E-state index contributed by atoms with van der Waals surface area (Å²) >= 11 is 0. The lowest BCUT2D eigenvalue weighted by Crippen LogP contribution is -2.37. The Balaban J connectivity index is 1.61. The van der Waals surface area contributed by atoms with Crippen LogP contribution in [0.2, 0.25) is 0 Å². The fourth-order valence-corrected chi connectivity index (χ4v) is 3.57. The Labute approximate surface area is 177 Å². The summed E-state index contributed by atoms with van der Waals surface area (Å²) in [7, 11) is -1.84. The van der Waals surface area contributed by atoms with E-state index in [1.807, 2.05) is 37.3 Å². The second-order valence-electron chi connectivity index (χ2n) is 7.14. The van der Waals surface area contributed by atoms with Crippen molar-refractivity contribution < 1.29 is 17.9 Å². The molecule has 0 unspecified atom stereocenters. The van der Waals surface area contributed by atoms with Gasteiger partial charge in [0, 0.05) is 13.6 Å². The maximum atomic E-state index is 12.6. The highest BCUT2D eigenvalue weighted by atomic mass is 32.2. The van der Waals surface area contributed by atoms with Crippen molar-refractivity contribution in [1.29, 1.82) is 0 Å². The largest absolute Gasteiger partial charge is 0.481 e. The normalized spacial score (nSPS) is 12.4. The lowest BCUT2D eigenvalue weighted by Gasteiger charge is -2.19. The van der Waals surface area contributed by atoms with Gasteiger partial charge in [0.25, 0.3) is 5.91 Å². The van der Waals surface area contributed by atoms with Gasteiger partial charge in [-0.1, -0.05) is 43.3 Å². The number of benzene rings is 3. The molecule has 3 aromatic carbocycles. The highest BCUT2D eigenvalue weighted by Crippen LogP contribution is 2.22. The number of nitrogens with zero attached hydrogens (tertiary/aromatic N) is 1. The maximum absolute atomic E-state index is 12.6. The fraction of sp³-hybridized carbons (Fsp3) is 0.261. The van der Waals surface area contributed by atoms with Crippen LogP contribution in [0, 0.1) is 0 Å². The first-order valence-corrected chi connectivity index (χ1v) is 11.6. The summed E-state index contributed by atoms with van der Waals surface area (Å²) in [5.41, 5.74) is 1.55. The molecule has 0 radical (unpaired) electrons. The lowest BCUT2D eigenvalue weighted by atomic mass is 10.1. The zero-order chi connectivity index (χ0) is 21.7. The van der Waals surface area contributed by atoms with Crippen molar-refractivity contribution in [1.82, 2.24) is 5.32 Å². The molecule has 3 rings (SSSR count). The quantitative estimate of drug-likeness (QED) is 0.596. The van der Waals surface area contributed by atoms with Crippen molar-refractivity contribution >= 4 is 32.4 Å². The molecule has 0 spiro atoms. The minimum absolute atomic E-state index is 0.192. The summed E-state index contributed by atoms with van der Waals surface area (Å²) in [6.45, 7) is 2.30. The number of amides is 1. The molecule has 6 nitrogen and oxygen atoms in total. The van der Waals surface area contributed by atoms with E-state index in [-0.39, 0.29) is 5.91 Å². The Bertz CT molecular complexity index is 1130. The van der Waals surface area contributed by atoms with Gasteiger partial charge < -0.3 is 10.1 Å². The molecule has 0 fully saturated rings. The van der Waals surface area contributed by atoms with Crippen molar-refractivity contribution in [2.24, 2.45) is 0 Å². The zero-order valence-electron chi connectivity index (χ0n) is 17.3. The molecule has 0 aliphatic carbocycles. The van der Waals surface area contributed by atoms with Crippen LogP contribution in [0.25, 0.3) is 10.8 Å². The predicted molar refractivity (Wildman–Crippen MR) is 120 cm³/mol. The van der Waals surface area contributed by atoms with Gasteiger partial charge in [0.1, 0.15) is 5.75 Å². The summed E-state index contributed by atoms with van der Waals surface area (Å²) in [5.74, 6) is 0.316. The Morgan fingerprint density at radius 1 is 1.03 bits per heavy atom. The number of hydrogen-bond donors (Lipinski definition) is 1. The third-order valence-electron chi connectivity index (χ3n) is 4.92. The molecule has 0 aliphatic heterocycles. The molecule has 0 bridgehead atoms. The van der Waals surface area contributed by atoms with Crippen molar-refractivity contribution in [2.45, 2.75) is 26.0 Å². The van der Waals surface area contributed by atoms with Gasteiger partial charge in [-0.15, -0.1) is 0 Å². The van der Waals surface area contributed by atoms with Crippen LogP contribution in [0.15, 0.2) is 66.7 Å². The van der Waals surface area contributed by atoms with Gasteiger partial charge in [-0.05, 0) is 53.1 Å². The molecule has 0 heterocycles. The van der Waals surface area contributed by atoms with E-state index in [2.05, 4.69) is 17.4 Å². The van der Waals surface area contributed by atoms with E-state index in [1.165, 1.54) is 11.4 Å². The minimum Gasteiger partial charge on any atom is -0.481 e. The van der Waals surface area contributed by atoms with E-state index in [0.717, 1.165) is 22.6 Å². The molecule has 1 amide bonds. The van der Waals surface area contributed by atoms with Crippen molar-refractivity contribution in [3.05, 3.63) is 72.3 Å². The van der Waals surface area contributed by atoms with Gasteiger partial charge >= 0.3 is 0 Å². The smallest absolute Gasteiger partial charge is 0.261 e. The Hall–Kier alpha value is -3.06. The first kappa shape index (κ1) is 21.6. The topological polar surface area (TPSA) is 75.7 Å². The maximum Gasteiger partial charge on any atom is 0.261 e. The van der Waals surface area contributed by atoms with E-state index in [0.29, 0.717) is 24.4 Å². The van der Waals surface area contributed by atoms with Crippen LogP contribution in [-0.4, -0.2) is 33.7 Å². The van der Waals surface area contributed by atoms with Crippen LogP contribution in [0.3, 0.4) is 0 Å². The monoisotopic (exact) mass is 426 g/mol. The van der Waals surface area contributed by atoms with E-state index in [4.69, 9.17) is 4.74 Å². The molecule has 30 heavy (non-hydrogen) atoms. The van der Waals surface area contributed by atoms with Crippen LogP contribution >= 0.6 is 0 Å². The number of carbonyl (C=O) groups is 1. The molecule has 1 N–H and O–H groups in total. The van der Waals surface area contributed by atoms with Crippen molar-refractivity contribution in [3.63, 3.8) is 0 Å². The van der Waals surface area contributed by atoms with Gasteiger partial charge in [-0.3, -0.25) is 9.10 Å². The van der Waals surface area contributed by atoms with Gasteiger partial charge in [0.05, 0.1) is 11.9 Å². The summed E-state index contributed by atoms with van der Waals surface area (Å²) < 4.78 is 30.3. The number of anilines is 1. The number of rotatable bonds is 8. The SMILES string of the molecule is CC[C@H](Oc1ccc(N(C)S(C)(=O)=O)cc1)C(=O)NCc1ccc2ccccc2c1. The number of ether oxygens (including phenoxy) is 1. The molecule has 0 aromatic heterocycles. The van der Waals surface area contributed by atoms with Gasteiger partial charge in [0.15, 0.2) is 6.10 Å². The van der Waals surface area contributed by atoms with E-state index in [1.54, 1.807) is 24.3 Å². The second kappa shape index (κ2) is 9.17. The summed E-state index contributed by atoms with van der Waals surface area (Å²) in [4.78, 5) is 12.6. The third kappa shape index (κ3) is 5.30. The van der Waals surface area contributed by atoms with Gasteiger partial charge in [-0.2, -0.15) is 0 Å². The summed E-state index contributed by atoms with van der Waals surface area (Å²) in [6.07, 6.45) is 1.02. The number of fused-ring (bicyclic) bond motifs is 1. The average Bonchev–Trinajstić information content (AvgIpc) is 2.75. The predicted octanol–water partition coefficient (Wildman–Crippen LogP) is 3.71. The molecule has 7 heteroatoms. The highest BCUT2D eigenvalue weighted by molar-refractivity contribution is 7.92. The standard InChI is InChI=1S/C23H26N2O4S/c1-4-22(29-21-13-11-20(12-14-21)25(2)30(3,27)28)23(26)24-16-17-9-10-18-7-5-6-8-19(18)15-17/h5-15,22H,4,16H2,1-3H3,(H,24,26)/t22-/m0/s1. The first-order valence-electron chi connectivity index (χ1n) is 9.74. The van der Waals surface area contributed by atoms with Crippen LogP contribution < -0.4 is 14.4 Å².